The van der Waals surface area contributed by atoms with Crippen LogP contribution in [0.4, 0.5) is 10.5 Å². The molecule has 0 atom stereocenters. The molecule has 0 aliphatic carbocycles. The molecule has 1 fully saturated rings. The van der Waals surface area contributed by atoms with E-state index in [4.69, 9.17) is 14.6 Å². The highest BCUT2D eigenvalue weighted by molar-refractivity contribution is 8.19. The molecule has 0 radical (unpaired) electrons. The Kier molecular flexibility index (Phi) is 6.23. The number of benzene rings is 2. The minimum Gasteiger partial charge on any atom is -0.490 e. The standard InChI is InChI=1S/C21H19NO6S/c1-3-27-17-10-14(7-8-16(17)28-12-19(23)24)11-18-20(25)22(21(26)29-18)15-6-4-5-13(2)9-15/h4-11H,3,12H2,1-2H3,(H,23,24)/b18-11+. The Labute approximate surface area is 171 Å². The van der Waals surface area contributed by atoms with Gasteiger partial charge in [-0.05, 0) is 67.1 Å². The number of aliphatic carboxylic acids is 1. The van der Waals surface area contributed by atoms with Crippen molar-refractivity contribution in [2.24, 2.45) is 0 Å². The number of carboxylic acid groups (broad SMARTS) is 1. The summed E-state index contributed by atoms with van der Waals surface area (Å²) in [6, 6.07) is 12.1. The summed E-state index contributed by atoms with van der Waals surface area (Å²) in [4.78, 5) is 37.3. The molecule has 1 aliphatic rings. The summed E-state index contributed by atoms with van der Waals surface area (Å²) in [5.74, 6) is -0.837. The Balaban J connectivity index is 1.87. The number of carboxylic acids is 1. The van der Waals surface area contributed by atoms with Crippen LogP contribution in [0, 0.1) is 6.92 Å². The Morgan fingerprint density at radius 2 is 1.93 bits per heavy atom. The van der Waals surface area contributed by atoms with Gasteiger partial charge in [-0.15, -0.1) is 0 Å². The molecule has 0 saturated carbocycles. The number of hydrogen-bond acceptors (Lipinski definition) is 6. The quantitative estimate of drug-likeness (QED) is 0.683. The smallest absolute Gasteiger partial charge is 0.341 e. The van der Waals surface area contributed by atoms with Gasteiger partial charge in [-0.3, -0.25) is 9.59 Å². The van der Waals surface area contributed by atoms with Crippen molar-refractivity contribution in [2.75, 3.05) is 18.1 Å². The lowest BCUT2D eigenvalue weighted by molar-refractivity contribution is -0.139. The van der Waals surface area contributed by atoms with E-state index in [9.17, 15) is 14.4 Å². The Hall–Kier alpha value is -3.26. The highest BCUT2D eigenvalue weighted by atomic mass is 32.2. The topological polar surface area (TPSA) is 93.1 Å². The van der Waals surface area contributed by atoms with Crippen molar-refractivity contribution in [3.05, 3.63) is 58.5 Å². The van der Waals surface area contributed by atoms with Gasteiger partial charge in [0.2, 0.25) is 0 Å². The van der Waals surface area contributed by atoms with Crippen LogP contribution in [0.3, 0.4) is 0 Å². The summed E-state index contributed by atoms with van der Waals surface area (Å²) in [7, 11) is 0. The van der Waals surface area contributed by atoms with Crippen LogP contribution in [-0.4, -0.2) is 35.4 Å². The first-order chi connectivity index (χ1) is 13.9. The zero-order valence-corrected chi connectivity index (χ0v) is 16.7. The summed E-state index contributed by atoms with van der Waals surface area (Å²) >= 11 is 0.864. The van der Waals surface area contributed by atoms with Crippen molar-refractivity contribution >= 4 is 40.6 Å². The van der Waals surface area contributed by atoms with Gasteiger partial charge in [-0.1, -0.05) is 18.2 Å². The van der Waals surface area contributed by atoms with Gasteiger partial charge in [0.25, 0.3) is 11.1 Å². The molecule has 1 N–H and O–H groups in total. The highest BCUT2D eigenvalue weighted by Crippen LogP contribution is 2.37. The summed E-state index contributed by atoms with van der Waals surface area (Å²) in [5.41, 5.74) is 2.11. The Morgan fingerprint density at radius 1 is 1.14 bits per heavy atom. The zero-order valence-electron chi connectivity index (χ0n) is 15.9. The lowest BCUT2D eigenvalue weighted by Gasteiger charge is -2.13. The third kappa shape index (κ3) is 4.78. The molecule has 2 aromatic carbocycles. The predicted octanol–water partition coefficient (Wildman–Crippen LogP) is 4.10. The number of aryl methyl sites for hydroxylation is 1. The maximum Gasteiger partial charge on any atom is 0.341 e. The Bertz CT molecular complexity index is 1000. The van der Waals surface area contributed by atoms with Crippen LogP contribution in [0.2, 0.25) is 0 Å². The van der Waals surface area contributed by atoms with Crippen LogP contribution in [0.15, 0.2) is 47.4 Å². The van der Waals surface area contributed by atoms with Crippen LogP contribution >= 0.6 is 11.8 Å². The van der Waals surface area contributed by atoms with Gasteiger partial charge in [0.05, 0.1) is 17.2 Å². The molecular formula is C21H19NO6S. The number of thioether (sulfide) groups is 1. The fourth-order valence-corrected chi connectivity index (χ4v) is 3.59. The normalized spacial score (nSPS) is 15.1. The fraction of sp³-hybridized carbons (Fsp3) is 0.190. The number of carbonyl (C=O) groups is 3. The van der Waals surface area contributed by atoms with E-state index in [1.807, 2.05) is 13.0 Å². The molecule has 0 spiro atoms. The largest absolute Gasteiger partial charge is 0.490 e. The molecule has 0 unspecified atom stereocenters. The minimum atomic E-state index is -1.10. The molecule has 1 saturated heterocycles. The van der Waals surface area contributed by atoms with Crippen molar-refractivity contribution in [3.63, 3.8) is 0 Å². The van der Waals surface area contributed by atoms with Crippen molar-refractivity contribution in [2.45, 2.75) is 13.8 Å². The van der Waals surface area contributed by atoms with E-state index in [1.165, 1.54) is 0 Å². The van der Waals surface area contributed by atoms with Crippen molar-refractivity contribution < 1.29 is 29.0 Å². The fourth-order valence-electron chi connectivity index (χ4n) is 2.75. The number of carbonyl (C=O) groups excluding carboxylic acids is 2. The maximum atomic E-state index is 12.8. The van der Waals surface area contributed by atoms with Crippen molar-refractivity contribution in [3.8, 4) is 11.5 Å². The molecular weight excluding hydrogens is 394 g/mol. The van der Waals surface area contributed by atoms with Crippen LogP contribution in [0.1, 0.15) is 18.1 Å². The van der Waals surface area contributed by atoms with Gasteiger partial charge in [-0.2, -0.15) is 0 Å². The first-order valence-corrected chi connectivity index (χ1v) is 9.66. The van der Waals surface area contributed by atoms with Crippen molar-refractivity contribution in [1.29, 1.82) is 0 Å². The third-order valence-electron chi connectivity index (χ3n) is 3.97. The summed E-state index contributed by atoms with van der Waals surface area (Å²) in [6.45, 7) is 3.55. The monoisotopic (exact) mass is 413 g/mol. The number of nitrogens with zero attached hydrogens (tertiary/aromatic N) is 1. The molecule has 1 aliphatic heterocycles. The molecule has 2 amide bonds. The van der Waals surface area contributed by atoms with Crippen LogP contribution < -0.4 is 14.4 Å². The van der Waals surface area contributed by atoms with Gasteiger partial charge in [-0.25, -0.2) is 9.69 Å². The number of rotatable bonds is 7. The summed E-state index contributed by atoms with van der Waals surface area (Å²) < 4.78 is 10.7. The van der Waals surface area contributed by atoms with E-state index in [2.05, 4.69) is 0 Å². The molecule has 150 valence electrons. The average Bonchev–Trinajstić information content (AvgIpc) is 2.94. The predicted molar refractivity (Wildman–Crippen MR) is 110 cm³/mol. The van der Waals surface area contributed by atoms with Crippen LogP contribution in [-0.2, 0) is 9.59 Å². The van der Waals surface area contributed by atoms with E-state index >= 15 is 0 Å². The average molecular weight is 413 g/mol. The SMILES string of the molecule is CCOc1cc(/C=C2/SC(=O)N(c3cccc(C)c3)C2=O)ccc1OCC(=O)O. The van der Waals surface area contributed by atoms with E-state index in [-0.39, 0.29) is 10.1 Å². The van der Waals surface area contributed by atoms with E-state index in [0.29, 0.717) is 29.4 Å². The van der Waals surface area contributed by atoms with E-state index in [1.54, 1.807) is 49.4 Å². The number of ether oxygens (including phenoxy) is 2. The van der Waals surface area contributed by atoms with Gasteiger partial charge in [0.1, 0.15) is 0 Å². The number of anilines is 1. The molecule has 8 heteroatoms. The molecule has 0 bridgehead atoms. The summed E-state index contributed by atoms with van der Waals surface area (Å²) in [6.07, 6.45) is 1.60. The number of imide groups is 1. The lowest BCUT2D eigenvalue weighted by Crippen LogP contribution is -2.27. The van der Waals surface area contributed by atoms with Gasteiger partial charge in [0, 0.05) is 0 Å². The lowest BCUT2D eigenvalue weighted by atomic mass is 10.1. The first-order valence-electron chi connectivity index (χ1n) is 8.85. The molecule has 29 heavy (non-hydrogen) atoms. The molecule has 7 nitrogen and oxygen atoms in total. The molecule has 1 heterocycles. The summed E-state index contributed by atoms with van der Waals surface area (Å²) in [5, 5.41) is 8.42. The van der Waals surface area contributed by atoms with Gasteiger partial charge >= 0.3 is 5.97 Å². The van der Waals surface area contributed by atoms with Crippen molar-refractivity contribution in [1.82, 2.24) is 0 Å². The second kappa shape index (κ2) is 8.83. The number of hydrogen-bond donors (Lipinski definition) is 1. The maximum absolute atomic E-state index is 12.8. The van der Waals surface area contributed by atoms with E-state index < -0.39 is 18.5 Å². The number of amides is 2. The molecule has 2 aromatic rings. The third-order valence-corrected chi connectivity index (χ3v) is 4.84. The Morgan fingerprint density at radius 3 is 2.62 bits per heavy atom. The second-order valence-corrected chi connectivity index (χ2v) is 7.17. The highest BCUT2D eigenvalue weighted by Gasteiger charge is 2.36. The van der Waals surface area contributed by atoms with Gasteiger partial charge < -0.3 is 14.6 Å². The second-order valence-electron chi connectivity index (χ2n) is 6.18. The zero-order chi connectivity index (χ0) is 21.0. The first kappa shape index (κ1) is 20.5. The van der Waals surface area contributed by atoms with Crippen LogP contribution in [0.25, 0.3) is 6.08 Å². The molecule has 3 rings (SSSR count). The minimum absolute atomic E-state index is 0.290. The van der Waals surface area contributed by atoms with Gasteiger partial charge in [0.15, 0.2) is 18.1 Å². The van der Waals surface area contributed by atoms with Crippen LogP contribution in [0.5, 0.6) is 11.5 Å². The molecule has 0 aromatic heterocycles. The van der Waals surface area contributed by atoms with E-state index in [0.717, 1.165) is 22.2 Å².